The van der Waals surface area contributed by atoms with E-state index in [0.717, 1.165) is 27.8 Å². The van der Waals surface area contributed by atoms with Gasteiger partial charge in [-0.2, -0.15) is 4.68 Å². The number of nitrogens with zero attached hydrogens (tertiary/aromatic N) is 2. The van der Waals surface area contributed by atoms with Gasteiger partial charge in [-0.05, 0) is 68.0 Å². The van der Waals surface area contributed by atoms with E-state index in [1.165, 1.54) is 0 Å². The molecule has 0 bridgehead atoms. The van der Waals surface area contributed by atoms with Gasteiger partial charge in [-0.3, -0.25) is 14.6 Å². The van der Waals surface area contributed by atoms with Crippen LogP contribution in [-0.2, 0) is 4.79 Å². The van der Waals surface area contributed by atoms with Crippen molar-refractivity contribution in [3.8, 4) is 11.4 Å². The van der Waals surface area contributed by atoms with Crippen LogP contribution in [0.1, 0.15) is 45.2 Å². The fourth-order valence-electron chi connectivity index (χ4n) is 3.10. The number of ether oxygens (including phenoxy) is 1. The summed E-state index contributed by atoms with van der Waals surface area (Å²) in [6.07, 6.45) is 2.53. The number of carbonyl (C=O) groups is 1. The van der Waals surface area contributed by atoms with Gasteiger partial charge < -0.3 is 15.8 Å². The van der Waals surface area contributed by atoms with E-state index >= 15 is 0 Å². The summed E-state index contributed by atoms with van der Waals surface area (Å²) in [6.45, 7) is 11.6. The molecule has 2 aromatic rings. The molecule has 0 atom stereocenters. The molecule has 1 amide bonds. The quantitative estimate of drug-likeness (QED) is 0.344. The minimum absolute atomic E-state index is 0.00594. The van der Waals surface area contributed by atoms with Gasteiger partial charge in [-0.1, -0.05) is 20.8 Å². The normalized spacial score (nSPS) is 12.6. The van der Waals surface area contributed by atoms with Crippen LogP contribution in [0.4, 0.5) is 5.82 Å². The number of H-pyrrole nitrogens is 1. The molecule has 1 aromatic heterocycles. The van der Waals surface area contributed by atoms with Gasteiger partial charge in [0.2, 0.25) is 11.7 Å². The second-order valence-electron chi connectivity index (χ2n) is 7.90. The van der Waals surface area contributed by atoms with Crippen LogP contribution in [0.2, 0.25) is 0 Å². The van der Waals surface area contributed by atoms with E-state index in [9.17, 15) is 14.4 Å². The van der Waals surface area contributed by atoms with Gasteiger partial charge in [0, 0.05) is 12.6 Å². The second-order valence-corrected chi connectivity index (χ2v) is 7.90. The zero-order valence-electron chi connectivity index (χ0n) is 19.6. The largest absolute Gasteiger partial charge is 0.457 e. The average molecular weight is 442 g/mol. The summed E-state index contributed by atoms with van der Waals surface area (Å²) in [5.41, 5.74) is 7.70. The molecule has 32 heavy (non-hydrogen) atoms. The smallest absolute Gasteiger partial charge is 0.349 e. The SMILES string of the molecule is CC/C(C)=C(/C=C(\C(=O)NC)C(C)C)Oc1c(C)cc(-n2nc(N)c(=O)[nH]c2=O)cc1C. The van der Waals surface area contributed by atoms with Gasteiger partial charge in [0.25, 0.3) is 5.56 Å². The standard InChI is InChI=1S/C23H31N5O4/c1-8-13(4)18(11-17(12(2)3)21(29)25-7)32-19-14(5)9-16(10-15(19)6)28-23(31)26-22(30)20(24)27-28/h9-12H,8H2,1-7H3,(H2,24,27)(H,25,29)(H,26,30,31)/b17-11-,18-13-. The number of nitrogens with two attached hydrogens (primary N) is 1. The number of aryl methyl sites for hydroxylation is 2. The minimum atomic E-state index is -0.728. The van der Waals surface area contributed by atoms with Crippen molar-refractivity contribution in [3.63, 3.8) is 0 Å². The summed E-state index contributed by atoms with van der Waals surface area (Å²) in [6, 6.07) is 3.44. The lowest BCUT2D eigenvalue weighted by atomic mass is 10.00. The number of aromatic amines is 1. The first-order valence-corrected chi connectivity index (χ1v) is 10.4. The number of aromatic nitrogens is 3. The van der Waals surface area contributed by atoms with Gasteiger partial charge in [0.15, 0.2) is 0 Å². The van der Waals surface area contributed by atoms with Gasteiger partial charge in [-0.25, -0.2) is 4.79 Å². The summed E-state index contributed by atoms with van der Waals surface area (Å²) in [5.74, 6) is 0.756. The number of hydrogen-bond acceptors (Lipinski definition) is 6. The summed E-state index contributed by atoms with van der Waals surface area (Å²) in [7, 11) is 1.60. The van der Waals surface area contributed by atoms with E-state index < -0.39 is 11.2 Å². The molecule has 2 rings (SSSR count). The molecule has 0 aliphatic rings. The Morgan fingerprint density at radius 3 is 2.38 bits per heavy atom. The third kappa shape index (κ3) is 5.35. The van der Waals surface area contributed by atoms with Crippen LogP contribution in [-0.4, -0.2) is 27.7 Å². The van der Waals surface area contributed by atoms with Crippen molar-refractivity contribution in [1.82, 2.24) is 20.1 Å². The number of rotatable bonds is 7. The van der Waals surface area contributed by atoms with Crippen molar-refractivity contribution in [2.45, 2.75) is 48.0 Å². The van der Waals surface area contributed by atoms with Gasteiger partial charge in [-0.15, -0.1) is 5.10 Å². The number of carbonyl (C=O) groups excluding carboxylic acids is 1. The molecule has 9 nitrogen and oxygen atoms in total. The van der Waals surface area contributed by atoms with E-state index in [1.807, 2.05) is 41.5 Å². The zero-order valence-corrected chi connectivity index (χ0v) is 19.6. The highest BCUT2D eigenvalue weighted by molar-refractivity contribution is 5.94. The Kier molecular flexibility index (Phi) is 7.80. The third-order valence-electron chi connectivity index (χ3n) is 5.10. The highest BCUT2D eigenvalue weighted by Gasteiger charge is 2.17. The van der Waals surface area contributed by atoms with E-state index in [-0.39, 0.29) is 17.6 Å². The van der Waals surface area contributed by atoms with Crippen molar-refractivity contribution in [2.24, 2.45) is 5.92 Å². The van der Waals surface area contributed by atoms with Crippen molar-refractivity contribution >= 4 is 11.7 Å². The fourth-order valence-corrected chi connectivity index (χ4v) is 3.10. The Labute approximate surface area is 187 Å². The molecule has 172 valence electrons. The molecule has 0 unspecified atom stereocenters. The number of allylic oxidation sites excluding steroid dienone is 2. The molecule has 0 spiro atoms. The molecule has 9 heteroatoms. The lowest BCUT2D eigenvalue weighted by Crippen LogP contribution is -2.33. The lowest BCUT2D eigenvalue weighted by Gasteiger charge is -2.18. The van der Waals surface area contributed by atoms with Crippen LogP contribution >= 0.6 is 0 Å². The fraction of sp³-hybridized carbons (Fsp3) is 0.391. The maximum absolute atomic E-state index is 12.3. The van der Waals surface area contributed by atoms with Crippen LogP contribution in [0.3, 0.4) is 0 Å². The number of nitrogen functional groups attached to an aromatic ring is 1. The Morgan fingerprint density at radius 1 is 1.28 bits per heavy atom. The average Bonchev–Trinajstić information content (AvgIpc) is 2.73. The third-order valence-corrected chi connectivity index (χ3v) is 5.10. The number of nitrogens with one attached hydrogen (secondary N) is 2. The minimum Gasteiger partial charge on any atom is -0.457 e. The molecule has 4 N–H and O–H groups in total. The van der Waals surface area contributed by atoms with Crippen molar-refractivity contribution in [1.29, 1.82) is 0 Å². The van der Waals surface area contributed by atoms with Gasteiger partial charge in [0.1, 0.15) is 11.5 Å². The lowest BCUT2D eigenvalue weighted by molar-refractivity contribution is -0.117. The summed E-state index contributed by atoms with van der Waals surface area (Å²) in [5, 5.41) is 6.55. The highest BCUT2D eigenvalue weighted by atomic mass is 16.5. The first-order chi connectivity index (χ1) is 15.0. The molecule has 1 heterocycles. The Morgan fingerprint density at radius 2 is 1.88 bits per heavy atom. The molecule has 0 radical (unpaired) electrons. The highest BCUT2D eigenvalue weighted by Crippen LogP contribution is 2.30. The number of likely N-dealkylation sites (N-methyl/N-ethyl adjacent to an activating group) is 1. The number of benzene rings is 1. The van der Waals surface area contributed by atoms with E-state index in [4.69, 9.17) is 10.5 Å². The molecule has 0 saturated heterocycles. The van der Waals surface area contributed by atoms with Crippen LogP contribution in [0, 0.1) is 19.8 Å². The molecule has 0 aliphatic heterocycles. The van der Waals surface area contributed by atoms with Gasteiger partial charge >= 0.3 is 5.69 Å². The molecular formula is C23H31N5O4. The Balaban J connectivity index is 2.58. The Bertz CT molecular complexity index is 1180. The predicted molar refractivity (Wildman–Crippen MR) is 125 cm³/mol. The second kappa shape index (κ2) is 10.1. The van der Waals surface area contributed by atoms with Crippen molar-refractivity contribution < 1.29 is 9.53 Å². The van der Waals surface area contributed by atoms with Gasteiger partial charge in [0.05, 0.1) is 5.69 Å². The van der Waals surface area contributed by atoms with Crippen molar-refractivity contribution in [2.75, 3.05) is 12.8 Å². The molecular weight excluding hydrogens is 410 g/mol. The van der Waals surface area contributed by atoms with E-state index in [0.29, 0.717) is 22.8 Å². The molecule has 0 aliphatic carbocycles. The maximum atomic E-state index is 12.3. The topological polar surface area (TPSA) is 132 Å². The van der Waals surface area contributed by atoms with Crippen LogP contribution in [0.25, 0.3) is 5.69 Å². The zero-order chi connectivity index (χ0) is 24.2. The molecule has 0 saturated carbocycles. The predicted octanol–water partition coefficient (Wildman–Crippen LogP) is 2.51. The monoisotopic (exact) mass is 441 g/mol. The Hall–Kier alpha value is -3.62. The molecule has 1 aromatic carbocycles. The van der Waals surface area contributed by atoms with Crippen LogP contribution in [0.15, 0.2) is 44.7 Å². The first-order valence-electron chi connectivity index (χ1n) is 10.4. The number of amides is 1. The number of hydrogen-bond donors (Lipinski definition) is 3. The first kappa shape index (κ1) is 24.6. The molecule has 0 fully saturated rings. The summed E-state index contributed by atoms with van der Waals surface area (Å²) in [4.78, 5) is 38.2. The van der Waals surface area contributed by atoms with Crippen molar-refractivity contribution in [3.05, 3.63) is 67.1 Å². The summed E-state index contributed by atoms with van der Waals surface area (Å²) >= 11 is 0. The maximum Gasteiger partial charge on any atom is 0.349 e. The van der Waals surface area contributed by atoms with E-state index in [2.05, 4.69) is 15.4 Å². The van der Waals surface area contributed by atoms with Crippen LogP contribution in [0.5, 0.6) is 5.75 Å². The van der Waals surface area contributed by atoms with Crippen LogP contribution < -0.4 is 27.0 Å². The van der Waals surface area contributed by atoms with E-state index in [1.54, 1.807) is 25.3 Å². The summed E-state index contributed by atoms with van der Waals surface area (Å²) < 4.78 is 7.34. The number of anilines is 1.